The van der Waals surface area contributed by atoms with Gasteiger partial charge in [-0.1, -0.05) is 64.5 Å². The van der Waals surface area contributed by atoms with Gasteiger partial charge in [-0.3, -0.25) is 14.4 Å². The van der Waals surface area contributed by atoms with Crippen molar-refractivity contribution in [1.29, 1.82) is 0 Å². The van der Waals surface area contributed by atoms with Gasteiger partial charge >= 0.3 is 0 Å². The summed E-state index contributed by atoms with van der Waals surface area (Å²) in [6, 6.07) is 29.1. The van der Waals surface area contributed by atoms with Gasteiger partial charge in [-0.15, -0.1) is 23.1 Å². The predicted octanol–water partition coefficient (Wildman–Crippen LogP) is 7.85. The Bertz CT molecular complexity index is 1810. The van der Waals surface area contributed by atoms with Crippen LogP contribution >= 0.6 is 39.0 Å². The molecule has 7 nitrogen and oxygen atoms in total. The number of thiazole rings is 1. The second-order valence-corrected chi connectivity index (χ2v) is 12.1. The van der Waals surface area contributed by atoms with Crippen LogP contribution in [0.15, 0.2) is 124 Å². The van der Waals surface area contributed by atoms with Crippen LogP contribution in [0.4, 0.5) is 15.2 Å². The smallest absolute Gasteiger partial charge is 0.272 e. The molecule has 4 aromatic carbocycles. The number of hydrogen-bond donors (Lipinski definition) is 3. The predicted molar refractivity (Wildman–Crippen MR) is 178 cm³/mol. The van der Waals surface area contributed by atoms with Gasteiger partial charge in [-0.05, 0) is 60.7 Å². The molecule has 0 fully saturated rings. The fraction of sp³-hybridized carbons (Fsp3) is 0.0303. The first-order valence-electron chi connectivity index (χ1n) is 13.2. The highest BCUT2D eigenvalue weighted by atomic mass is 79.9. The van der Waals surface area contributed by atoms with Crippen molar-refractivity contribution >= 4 is 73.6 Å². The van der Waals surface area contributed by atoms with Crippen LogP contribution < -0.4 is 16.0 Å². The van der Waals surface area contributed by atoms with E-state index < -0.39 is 17.6 Å². The summed E-state index contributed by atoms with van der Waals surface area (Å²) in [5.74, 6) is -1.68. The lowest BCUT2D eigenvalue weighted by Gasteiger charge is -2.12. The Kier molecular flexibility index (Phi) is 10.3. The number of nitrogens with one attached hydrogen (secondary N) is 3. The van der Waals surface area contributed by atoms with Crippen molar-refractivity contribution in [2.24, 2.45) is 0 Å². The van der Waals surface area contributed by atoms with Crippen molar-refractivity contribution in [1.82, 2.24) is 10.3 Å². The van der Waals surface area contributed by atoms with Crippen molar-refractivity contribution in [3.63, 3.8) is 0 Å². The van der Waals surface area contributed by atoms with E-state index in [1.807, 2.05) is 29.6 Å². The monoisotopic (exact) mass is 686 g/mol. The normalized spacial score (nSPS) is 11.1. The van der Waals surface area contributed by atoms with Crippen molar-refractivity contribution in [2.75, 3.05) is 16.4 Å². The quantitative estimate of drug-likeness (QED) is 0.103. The molecule has 1 heterocycles. The maximum absolute atomic E-state index is 14.4. The SMILES string of the molecule is O=C(CSc1ccc(NC(=O)/C(=C/c2ccccc2F)NC(=O)c2ccccc2)cc1)Nc1nc(-c2ccc(Br)cc2)cs1. The molecule has 44 heavy (non-hydrogen) atoms. The molecule has 3 N–H and O–H groups in total. The lowest BCUT2D eigenvalue weighted by molar-refractivity contribution is -0.114. The highest BCUT2D eigenvalue weighted by Gasteiger charge is 2.16. The average Bonchev–Trinajstić information content (AvgIpc) is 3.50. The highest BCUT2D eigenvalue weighted by Crippen LogP contribution is 2.27. The number of carbonyl (C=O) groups is 3. The zero-order valence-corrected chi connectivity index (χ0v) is 26.1. The van der Waals surface area contributed by atoms with Crippen molar-refractivity contribution in [3.05, 3.63) is 136 Å². The maximum Gasteiger partial charge on any atom is 0.272 e. The molecule has 0 radical (unpaired) electrons. The molecule has 5 rings (SSSR count). The third-order valence-corrected chi connectivity index (χ3v) is 8.40. The summed E-state index contributed by atoms with van der Waals surface area (Å²) in [6.07, 6.45) is 1.29. The minimum Gasteiger partial charge on any atom is -0.321 e. The van der Waals surface area contributed by atoms with Gasteiger partial charge in [-0.25, -0.2) is 9.37 Å². The Hall–Kier alpha value is -4.58. The Balaban J connectivity index is 1.19. The van der Waals surface area contributed by atoms with Crippen LogP contribution in [0.3, 0.4) is 0 Å². The Labute approximate surface area is 269 Å². The summed E-state index contributed by atoms with van der Waals surface area (Å²) < 4.78 is 15.3. The van der Waals surface area contributed by atoms with Crippen LogP contribution in [0.5, 0.6) is 0 Å². The summed E-state index contributed by atoms with van der Waals surface area (Å²) in [7, 11) is 0. The zero-order valence-electron chi connectivity index (χ0n) is 22.9. The van der Waals surface area contributed by atoms with Gasteiger partial charge in [0.1, 0.15) is 11.5 Å². The van der Waals surface area contributed by atoms with Crippen LogP contribution in [0.25, 0.3) is 17.3 Å². The van der Waals surface area contributed by atoms with E-state index in [9.17, 15) is 18.8 Å². The van der Waals surface area contributed by atoms with Crippen molar-refractivity contribution in [2.45, 2.75) is 4.90 Å². The minimum atomic E-state index is -0.622. The second-order valence-electron chi connectivity index (χ2n) is 9.26. The van der Waals surface area contributed by atoms with E-state index >= 15 is 0 Å². The summed E-state index contributed by atoms with van der Waals surface area (Å²) in [5, 5.41) is 10.6. The van der Waals surface area contributed by atoms with E-state index in [0.29, 0.717) is 16.4 Å². The van der Waals surface area contributed by atoms with Crippen LogP contribution in [0, 0.1) is 5.82 Å². The lowest BCUT2D eigenvalue weighted by atomic mass is 10.1. The van der Waals surface area contributed by atoms with E-state index in [0.717, 1.165) is 20.6 Å². The number of rotatable bonds is 10. The molecule has 0 atom stereocenters. The molecule has 3 amide bonds. The first kappa shape index (κ1) is 30.9. The highest BCUT2D eigenvalue weighted by molar-refractivity contribution is 9.10. The standard InChI is InChI=1S/C33H24BrFN4O3S2/c34-24-12-10-21(11-13-24)29-19-44-33(38-29)39-30(40)20-43-26-16-14-25(15-17-26)36-32(42)28(18-23-8-4-5-9-27(23)35)37-31(41)22-6-2-1-3-7-22/h1-19H,20H2,(H,36,42)(H,37,41)(H,38,39,40)/b28-18-. The Morgan fingerprint density at radius 1 is 0.864 bits per heavy atom. The molecule has 11 heteroatoms. The fourth-order valence-electron chi connectivity index (χ4n) is 3.91. The van der Waals surface area contributed by atoms with Crippen LogP contribution in [0.2, 0.25) is 0 Å². The average molecular weight is 688 g/mol. The molecule has 0 saturated heterocycles. The number of amides is 3. The Morgan fingerprint density at radius 3 is 2.30 bits per heavy atom. The van der Waals surface area contributed by atoms with Gasteiger partial charge in [0.25, 0.3) is 11.8 Å². The number of thioether (sulfide) groups is 1. The molecule has 0 aliphatic carbocycles. The second kappa shape index (κ2) is 14.7. The van der Waals surface area contributed by atoms with Crippen molar-refractivity contribution in [3.8, 4) is 11.3 Å². The molecular formula is C33H24BrFN4O3S2. The van der Waals surface area contributed by atoms with Gasteiger partial charge in [-0.2, -0.15) is 0 Å². The summed E-state index contributed by atoms with van der Waals surface area (Å²) in [4.78, 5) is 43.8. The molecule has 0 saturated carbocycles. The number of anilines is 2. The van der Waals surface area contributed by atoms with Crippen LogP contribution in [-0.4, -0.2) is 28.5 Å². The Morgan fingerprint density at radius 2 is 1.57 bits per heavy atom. The van der Waals surface area contributed by atoms with E-state index in [-0.39, 0.29) is 22.9 Å². The first-order valence-corrected chi connectivity index (χ1v) is 15.9. The van der Waals surface area contributed by atoms with E-state index in [4.69, 9.17) is 0 Å². The topological polar surface area (TPSA) is 100 Å². The maximum atomic E-state index is 14.4. The zero-order chi connectivity index (χ0) is 30.9. The van der Waals surface area contributed by atoms with Crippen LogP contribution in [-0.2, 0) is 9.59 Å². The van der Waals surface area contributed by atoms with E-state index in [1.165, 1.54) is 41.3 Å². The van der Waals surface area contributed by atoms with Gasteiger partial charge < -0.3 is 16.0 Å². The molecular weight excluding hydrogens is 663 g/mol. The molecule has 5 aromatic rings. The molecule has 0 unspecified atom stereocenters. The number of halogens is 2. The number of carbonyl (C=O) groups excluding carboxylic acids is 3. The molecule has 220 valence electrons. The minimum absolute atomic E-state index is 0.121. The molecule has 0 aliphatic rings. The fourth-order valence-corrected chi connectivity index (χ4v) is 5.61. The number of aromatic nitrogens is 1. The summed E-state index contributed by atoms with van der Waals surface area (Å²) >= 11 is 6.11. The van der Waals surface area contributed by atoms with Gasteiger partial charge in [0.2, 0.25) is 5.91 Å². The largest absolute Gasteiger partial charge is 0.321 e. The molecule has 1 aromatic heterocycles. The van der Waals surface area contributed by atoms with Crippen LogP contribution in [0.1, 0.15) is 15.9 Å². The molecule has 0 aliphatic heterocycles. The van der Waals surface area contributed by atoms with Gasteiger partial charge in [0.05, 0.1) is 11.4 Å². The van der Waals surface area contributed by atoms with Crippen molar-refractivity contribution < 1.29 is 18.8 Å². The van der Waals surface area contributed by atoms with E-state index in [1.54, 1.807) is 66.7 Å². The number of hydrogen-bond acceptors (Lipinski definition) is 6. The summed E-state index contributed by atoms with van der Waals surface area (Å²) in [6.45, 7) is 0. The number of nitrogens with zero attached hydrogens (tertiary/aromatic N) is 1. The first-order chi connectivity index (χ1) is 21.3. The third-order valence-electron chi connectivity index (χ3n) is 6.11. The van der Waals surface area contributed by atoms with Gasteiger partial charge in [0, 0.05) is 37.1 Å². The molecule has 0 spiro atoms. The number of benzene rings is 4. The third kappa shape index (κ3) is 8.50. The summed E-state index contributed by atoms with van der Waals surface area (Å²) in [5.41, 5.74) is 2.59. The van der Waals surface area contributed by atoms with Gasteiger partial charge in [0.15, 0.2) is 5.13 Å². The van der Waals surface area contributed by atoms with E-state index in [2.05, 4.69) is 36.9 Å². The molecule has 0 bridgehead atoms. The lowest BCUT2D eigenvalue weighted by Crippen LogP contribution is -2.30.